The van der Waals surface area contributed by atoms with Gasteiger partial charge < -0.3 is 38.8 Å². The Morgan fingerprint density at radius 3 is 2.62 bits per heavy atom. The van der Waals surface area contributed by atoms with E-state index in [9.17, 15) is 23.1 Å². The Kier molecular flexibility index (Phi) is 11.7. The minimum absolute atomic E-state index is 0.0234. The fourth-order valence-corrected chi connectivity index (χ4v) is 7.54. The molecule has 2 fully saturated rings. The second kappa shape index (κ2) is 15.7. The maximum Gasteiger partial charge on any atom is 0.431 e. The number of hydrogen-bond donors (Lipinski definition) is 3. The highest BCUT2D eigenvalue weighted by Crippen LogP contribution is 2.36. The number of carbonyl (C=O) groups is 2. The van der Waals surface area contributed by atoms with Crippen LogP contribution in [0.2, 0.25) is 0 Å². The van der Waals surface area contributed by atoms with Crippen molar-refractivity contribution >= 4 is 22.2 Å². The number of nitrogens with zero attached hydrogens (tertiary/aromatic N) is 1. The second-order valence-corrected chi connectivity index (χ2v) is 14.6. The molecule has 5 rings (SSSR count). The van der Waals surface area contributed by atoms with E-state index in [0.717, 1.165) is 5.56 Å². The molecule has 264 valence electrons. The van der Waals surface area contributed by atoms with Gasteiger partial charge in [-0.05, 0) is 42.4 Å². The third-order valence-electron chi connectivity index (χ3n) is 8.48. The Hall–Kier alpha value is -3.67. The van der Waals surface area contributed by atoms with Crippen LogP contribution in [0.3, 0.4) is 0 Å². The molecule has 2 aromatic carbocycles. The van der Waals surface area contributed by atoms with E-state index in [0.29, 0.717) is 18.8 Å². The summed E-state index contributed by atoms with van der Waals surface area (Å²) in [6.45, 7) is 3.85. The van der Waals surface area contributed by atoms with E-state index in [1.807, 2.05) is 44.2 Å². The topological polar surface area (TPSA) is 180 Å². The van der Waals surface area contributed by atoms with Crippen molar-refractivity contribution in [2.75, 3.05) is 46.8 Å². The first-order valence-corrected chi connectivity index (χ1v) is 17.2. The maximum atomic E-state index is 14.2. The Morgan fingerprint density at radius 1 is 1.08 bits per heavy atom. The lowest BCUT2D eigenvalue weighted by Gasteiger charge is -2.35. The molecule has 0 bridgehead atoms. The number of sulfonamides is 1. The predicted octanol–water partition coefficient (Wildman–Crippen LogP) is 2.57. The molecule has 5 atom stereocenters. The van der Waals surface area contributed by atoms with Gasteiger partial charge in [-0.3, -0.25) is 4.84 Å². The number of hydroxylamine groups is 1. The zero-order valence-electron chi connectivity index (χ0n) is 27.2. The zero-order valence-corrected chi connectivity index (χ0v) is 28.0. The highest BCUT2D eigenvalue weighted by Gasteiger charge is 2.44. The quantitative estimate of drug-likeness (QED) is 0.233. The Morgan fingerprint density at radius 2 is 1.85 bits per heavy atom. The van der Waals surface area contributed by atoms with Crippen molar-refractivity contribution in [2.45, 2.75) is 62.5 Å². The summed E-state index contributed by atoms with van der Waals surface area (Å²) in [5.41, 5.74) is 2.14. The molecule has 0 aromatic heterocycles. The molecule has 0 saturated carbocycles. The molecule has 2 amide bonds. The van der Waals surface area contributed by atoms with Crippen LogP contribution in [0.15, 0.2) is 53.4 Å². The van der Waals surface area contributed by atoms with E-state index in [1.165, 1.54) is 29.6 Å². The highest BCUT2D eigenvalue weighted by atomic mass is 32.2. The van der Waals surface area contributed by atoms with Gasteiger partial charge in [-0.25, -0.2) is 18.0 Å². The lowest BCUT2D eigenvalue weighted by Crippen LogP contribution is -2.52. The molecule has 0 aliphatic carbocycles. The second-order valence-electron chi connectivity index (χ2n) is 12.6. The van der Waals surface area contributed by atoms with Crippen LogP contribution in [-0.2, 0) is 40.2 Å². The van der Waals surface area contributed by atoms with E-state index in [-0.39, 0.29) is 62.5 Å². The van der Waals surface area contributed by atoms with Gasteiger partial charge in [0.15, 0.2) is 17.8 Å². The van der Waals surface area contributed by atoms with Crippen molar-refractivity contribution in [3.05, 3.63) is 54.1 Å². The van der Waals surface area contributed by atoms with Crippen molar-refractivity contribution in [1.29, 1.82) is 0 Å². The van der Waals surface area contributed by atoms with E-state index in [1.54, 1.807) is 0 Å². The summed E-state index contributed by atoms with van der Waals surface area (Å²) in [7, 11) is -2.97. The number of alkyl carbamates (subject to hydrolysis) is 1. The number of nitrogens with one attached hydrogen (secondary N) is 2. The number of fused-ring (bicyclic) bond motifs is 2. The van der Waals surface area contributed by atoms with Gasteiger partial charge in [0.05, 0.1) is 49.9 Å². The summed E-state index contributed by atoms with van der Waals surface area (Å²) in [6, 6.07) is 12.6. The molecule has 15 nitrogen and oxygen atoms in total. The van der Waals surface area contributed by atoms with E-state index in [2.05, 4.69) is 15.6 Å². The first-order chi connectivity index (χ1) is 22.9. The molecular formula is C32H43N3O12S. The van der Waals surface area contributed by atoms with Crippen LogP contribution in [0.1, 0.15) is 32.3 Å². The molecule has 16 heteroatoms. The summed E-state index contributed by atoms with van der Waals surface area (Å²) in [5, 5.41) is 14.5. The van der Waals surface area contributed by atoms with Crippen molar-refractivity contribution < 1.29 is 56.4 Å². The van der Waals surface area contributed by atoms with Crippen LogP contribution in [-0.4, -0.2) is 101 Å². The SMILES string of the molecule is CONC(=O)OCCC(C)(C)CN(C[C@@H](O)[C@H](Cc1ccccc1)NC(=O)O[C@H]1CO[C@H]2OCC[C@H]21)S(=O)(=O)c1ccc2c(c1)OCO2. The lowest BCUT2D eigenvalue weighted by atomic mass is 9.89. The summed E-state index contributed by atoms with van der Waals surface area (Å²) >= 11 is 0. The Balaban J connectivity index is 1.36. The third-order valence-corrected chi connectivity index (χ3v) is 10.3. The van der Waals surface area contributed by atoms with E-state index in [4.69, 9.17) is 28.4 Å². The maximum absolute atomic E-state index is 14.2. The standard InChI is InChI=1S/C32H43N3O12S/c1-32(2,12-14-43-31(38)34-41-3)19-35(48(39,40)22-9-10-26-27(16-22)46-20-45-26)17-25(36)24(15-21-7-5-4-6-8-21)33-30(37)47-28-18-44-29-23(28)11-13-42-29/h4-10,16,23-25,28-29,36H,11-15,17-20H2,1-3H3,(H,33,37)(H,34,38)/t23-,24-,25+,28-,29+/m0/s1. The molecule has 0 unspecified atom stereocenters. The van der Waals surface area contributed by atoms with Crippen molar-refractivity contribution in [3.8, 4) is 11.5 Å². The van der Waals surface area contributed by atoms with E-state index < -0.39 is 52.2 Å². The zero-order chi connectivity index (χ0) is 34.3. The first-order valence-electron chi connectivity index (χ1n) is 15.7. The van der Waals surface area contributed by atoms with Crippen LogP contribution < -0.4 is 20.3 Å². The molecule has 3 heterocycles. The highest BCUT2D eigenvalue weighted by molar-refractivity contribution is 7.89. The predicted molar refractivity (Wildman–Crippen MR) is 168 cm³/mol. The monoisotopic (exact) mass is 693 g/mol. The number of aliphatic hydroxyl groups is 1. The van der Waals surface area contributed by atoms with Crippen LogP contribution >= 0.6 is 0 Å². The fraction of sp³-hybridized carbons (Fsp3) is 0.562. The number of ether oxygens (including phenoxy) is 6. The molecule has 3 aliphatic heterocycles. The Labute approximate surface area is 279 Å². The van der Waals surface area contributed by atoms with Crippen LogP contribution in [0, 0.1) is 11.3 Å². The minimum atomic E-state index is -4.24. The first kappa shape index (κ1) is 35.6. The average Bonchev–Trinajstić information content (AvgIpc) is 3.79. The summed E-state index contributed by atoms with van der Waals surface area (Å²) < 4.78 is 62.3. The van der Waals surface area contributed by atoms with Crippen LogP contribution in [0.25, 0.3) is 0 Å². The van der Waals surface area contributed by atoms with Gasteiger partial charge in [0.1, 0.15) is 6.10 Å². The normalized spacial score (nSPS) is 21.4. The molecule has 2 saturated heterocycles. The van der Waals surface area contributed by atoms with Gasteiger partial charge in [0, 0.05) is 19.2 Å². The summed E-state index contributed by atoms with van der Waals surface area (Å²) in [6.07, 6.45) is -2.66. The number of carbonyl (C=O) groups excluding carboxylic acids is 2. The van der Waals surface area contributed by atoms with Gasteiger partial charge in [-0.1, -0.05) is 44.2 Å². The largest absolute Gasteiger partial charge is 0.454 e. The minimum Gasteiger partial charge on any atom is -0.454 e. The molecule has 0 spiro atoms. The number of rotatable bonds is 15. The molecule has 0 radical (unpaired) electrons. The number of aliphatic hydroxyl groups excluding tert-OH is 1. The molecular weight excluding hydrogens is 650 g/mol. The molecule has 3 N–H and O–H groups in total. The smallest absolute Gasteiger partial charge is 0.431 e. The van der Waals surface area contributed by atoms with Crippen molar-refractivity contribution in [3.63, 3.8) is 0 Å². The van der Waals surface area contributed by atoms with Gasteiger partial charge in [-0.2, -0.15) is 9.79 Å². The molecule has 48 heavy (non-hydrogen) atoms. The van der Waals surface area contributed by atoms with Gasteiger partial charge >= 0.3 is 12.2 Å². The van der Waals surface area contributed by atoms with Gasteiger partial charge in [-0.15, -0.1) is 0 Å². The number of amides is 2. The van der Waals surface area contributed by atoms with E-state index >= 15 is 0 Å². The van der Waals surface area contributed by atoms with Crippen molar-refractivity contribution in [2.24, 2.45) is 11.3 Å². The molecule has 2 aromatic rings. The van der Waals surface area contributed by atoms with Crippen LogP contribution in [0.4, 0.5) is 9.59 Å². The molecule has 3 aliphatic rings. The average molecular weight is 694 g/mol. The van der Waals surface area contributed by atoms with Gasteiger partial charge in [0.25, 0.3) is 0 Å². The van der Waals surface area contributed by atoms with Gasteiger partial charge in [0.2, 0.25) is 16.8 Å². The number of benzene rings is 2. The number of hydrogen-bond acceptors (Lipinski definition) is 12. The summed E-state index contributed by atoms with van der Waals surface area (Å²) in [4.78, 5) is 29.4. The Bertz CT molecular complexity index is 1510. The third kappa shape index (κ3) is 9.06. The fourth-order valence-electron chi connectivity index (χ4n) is 5.88. The lowest BCUT2D eigenvalue weighted by molar-refractivity contribution is -0.0907. The van der Waals surface area contributed by atoms with Crippen molar-refractivity contribution in [1.82, 2.24) is 15.1 Å². The summed E-state index contributed by atoms with van der Waals surface area (Å²) in [5.74, 6) is 0.619. The van der Waals surface area contributed by atoms with Crippen LogP contribution in [0.5, 0.6) is 11.5 Å².